The number of hydrogen-bond donors (Lipinski definition) is 1. The Balaban J connectivity index is 0. The molecular weight excluding hydrogens is 433 g/mol. The summed E-state index contributed by atoms with van der Waals surface area (Å²) in [5, 5.41) is 7.86. The molecule has 198 valence electrons. The third kappa shape index (κ3) is 11.3. The molecule has 2 rings (SSSR count). The Labute approximate surface area is 216 Å². The zero-order valence-electron chi connectivity index (χ0n) is 24.5. The molecular formula is C32H52FNO. The lowest BCUT2D eigenvalue weighted by atomic mass is 9.84. The lowest BCUT2D eigenvalue weighted by Crippen LogP contribution is -2.08. The van der Waals surface area contributed by atoms with E-state index in [1.807, 2.05) is 32.0 Å². The third-order valence-corrected chi connectivity index (χ3v) is 5.16. The number of nitrogens with one attached hydrogen (secondary N) is 1. The molecule has 0 aliphatic rings. The molecule has 0 saturated carbocycles. The molecule has 3 heteroatoms. The third-order valence-electron chi connectivity index (χ3n) is 5.16. The van der Waals surface area contributed by atoms with E-state index in [0.29, 0.717) is 23.1 Å². The molecule has 0 atom stereocenters. The van der Waals surface area contributed by atoms with Crippen LogP contribution in [0.3, 0.4) is 0 Å². The fourth-order valence-corrected chi connectivity index (χ4v) is 3.45. The minimum Gasteiger partial charge on any atom is -0.305 e. The highest BCUT2D eigenvalue weighted by Crippen LogP contribution is 2.37. The molecule has 0 bridgehead atoms. The average molecular weight is 486 g/mol. The van der Waals surface area contributed by atoms with Gasteiger partial charge < -0.3 is 5.41 Å². The van der Waals surface area contributed by atoms with Crippen LogP contribution in [0.25, 0.3) is 11.1 Å². The molecule has 35 heavy (non-hydrogen) atoms. The van der Waals surface area contributed by atoms with Crippen LogP contribution in [0.1, 0.15) is 134 Å². The number of ketones is 1. The maximum absolute atomic E-state index is 15.3. The molecule has 2 nitrogen and oxygen atoms in total. The zero-order chi connectivity index (χ0) is 27.6. The Morgan fingerprint density at radius 1 is 0.771 bits per heavy atom. The van der Waals surface area contributed by atoms with E-state index < -0.39 is 0 Å². The molecule has 1 N–H and O–H groups in total. The van der Waals surface area contributed by atoms with E-state index in [2.05, 4.69) is 48.5 Å². The van der Waals surface area contributed by atoms with Crippen LogP contribution in [0.15, 0.2) is 24.3 Å². The Kier molecular flexibility index (Phi) is 19.9. The van der Waals surface area contributed by atoms with Crippen LogP contribution in [0.4, 0.5) is 4.39 Å². The largest absolute Gasteiger partial charge is 0.305 e. The van der Waals surface area contributed by atoms with Crippen molar-refractivity contribution in [3.63, 3.8) is 0 Å². The van der Waals surface area contributed by atoms with E-state index in [4.69, 9.17) is 5.41 Å². The van der Waals surface area contributed by atoms with Gasteiger partial charge in [0, 0.05) is 22.4 Å². The maximum Gasteiger partial charge on any atom is 0.160 e. The summed E-state index contributed by atoms with van der Waals surface area (Å²) in [6.45, 7) is 22.0. The highest BCUT2D eigenvalue weighted by atomic mass is 19.1. The monoisotopic (exact) mass is 485 g/mol. The number of Topliss-reactive ketones (excluding diaryl/α,β-unsaturated/α-hetero) is 1. The van der Waals surface area contributed by atoms with Gasteiger partial charge in [-0.25, -0.2) is 4.39 Å². The van der Waals surface area contributed by atoms with E-state index in [-0.39, 0.29) is 17.3 Å². The van der Waals surface area contributed by atoms with Crippen molar-refractivity contribution in [2.24, 2.45) is 0 Å². The van der Waals surface area contributed by atoms with E-state index in [1.165, 1.54) is 25.7 Å². The number of benzene rings is 2. The smallest absolute Gasteiger partial charge is 0.160 e. The van der Waals surface area contributed by atoms with Gasteiger partial charge in [-0.3, -0.25) is 4.79 Å². The molecule has 0 saturated heterocycles. The lowest BCUT2D eigenvalue weighted by Gasteiger charge is -2.20. The van der Waals surface area contributed by atoms with Crippen molar-refractivity contribution in [1.82, 2.24) is 0 Å². The second kappa shape index (κ2) is 20.0. The minimum absolute atomic E-state index is 0.00130. The number of carbonyl (C=O) groups is 1. The van der Waals surface area contributed by atoms with Crippen LogP contribution >= 0.6 is 0 Å². The van der Waals surface area contributed by atoms with Crippen LogP contribution in [0.2, 0.25) is 0 Å². The summed E-state index contributed by atoms with van der Waals surface area (Å²) in [6, 6.07) is 7.35. The van der Waals surface area contributed by atoms with Crippen LogP contribution < -0.4 is 0 Å². The number of aryl methyl sites for hydroxylation is 2. The summed E-state index contributed by atoms with van der Waals surface area (Å²) < 4.78 is 15.3. The van der Waals surface area contributed by atoms with Gasteiger partial charge in [-0.2, -0.15) is 0 Å². The number of hydrogen-bond acceptors (Lipinski definition) is 2. The normalized spacial score (nSPS) is 9.60. The number of halogens is 1. The van der Waals surface area contributed by atoms with Gasteiger partial charge in [-0.05, 0) is 61.9 Å². The van der Waals surface area contributed by atoms with Gasteiger partial charge >= 0.3 is 0 Å². The predicted octanol–water partition coefficient (Wildman–Crippen LogP) is 10.5. The molecule has 0 radical (unpaired) electrons. The lowest BCUT2D eigenvalue weighted by molar-refractivity contribution is 0.101. The number of unbranched alkanes of at least 4 members (excludes halogenated alkanes) is 1. The van der Waals surface area contributed by atoms with Crippen LogP contribution in [0, 0.1) is 18.2 Å². The molecule has 0 heterocycles. The molecule has 0 amide bonds. The Hall–Kier alpha value is -2.29. The van der Waals surface area contributed by atoms with Crippen LogP contribution in [0.5, 0.6) is 0 Å². The summed E-state index contributed by atoms with van der Waals surface area (Å²) in [7, 11) is 0. The van der Waals surface area contributed by atoms with E-state index in [9.17, 15) is 4.79 Å². The molecule has 2 aromatic rings. The zero-order valence-corrected chi connectivity index (χ0v) is 24.5. The van der Waals surface area contributed by atoms with Gasteiger partial charge in [-0.15, -0.1) is 0 Å². The second-order valence-corrected chi connectivity index (χ2v) is 8.94. The molecule has 2 aromatic carbocycles. The fraction of sp³-hybridized carbons (Fsp3) is 0.562. The van der Waals surface area contributed by atoms with Crippen LogP contribution in [-0.4, -0.2) is 11.5 Å². The highest BCUT2D eigenvalue weighted by Gasteiger charge is 2.22. The standard InChI is InChI=1S/C22H26FNO.C4H10.2C3H8/c1-6-8-16-10-12-19(15(5)25)17(7-2)21(16)20-13(3)9-11-18(14(4)24)22(20)23;1-3-4-2;2*1-3-2/h9-12,24H,6-8H2,1-5H3;3-4H2,1-2H3;2*3H2,1-2H3. The van der Waals surface area contributed by atoms with E-state index in [1.54, 1.807) is 19.9 Å². The second-order valence-electron chi connectivity index (χ2n) is 8.94. The molecule has 0 aliphatic carbocycles. The van der Waals surface area contributed by atoms with Crippen molar-refractivity contribution in [2.45, 2.75) is 121 Å². The van der Waals surface area contributed by atoms with Crippen molar-refractivity contribution in [3.05, 3.63) is 57.9 Å². The number of rotatable bonds is 7. The summed E-state index contributed by atoms with van der Waals surface area (Å²) in [5.41, 5.74) is 5.35. The van der Waals surface area contributed by atoms with Crippen LogP contribution in [-0.2, 0) is 12.8 Å². The molecule has 0 fully saturated rings. The topological polar surface area (TPSA) is 40.9 Å². The van der Waals surface area contributed by atoms with Gasteiger partial charge in [0.1, 0.15) is 5.82 Å². The minimum atomic E-state index is -0.361. The van der Waals surface area contributed by atoms with E-state index >= 15 is 4.39 Å². The SMILES string of the molecule is CCC.CCC.CCCC.CCCc1ccc(C(C)=O)c(CC)c1-c1c(C)ccc(C(C)=N)c1F. The van der Waals surface area contributed by atoms with Crippen molar-refractivity contribution < 1.29 is 9.18 Å². The highest BCUT2D eigenvalue weighted by molar-refractivity contribution is 6.00. The van der Waals surface area contributed by atoms with Crippen molar-refractivity contribution in [2.75, 3.05) is 0 Å². The van der Waals surface area contributed by atoms with Crippen molar-refractivity contribution in [1.29, 1.82) is 5.41 Å². The van der Waals surface area contributed by atoms with Gasteiger partial charge in [0.15, 0.2) is 5.78 Å². The first-order chi connectivity index (χ1) is 16.6. The Morgan fingerprint density at radius 3 is 1.63 bits per heavy atom. The summed E-state index contributed by atoms with van der Waals surface area (Å²) >= 11 is 0. The first kappa shape index (κ1) is 34.9. The van der Waals surface area contributed by atoms with Gasteiger partial charge in [0.2, 0.25) is 0 Å². The van der Waals surface area contributed by atoms with Crippen molar-refractivity contribution in [3.8, 4) is 11.1 Å². The molecule has 0 aromatic heterocycles. The van der Waals surface area contributed by atoms with E-state index in [0.717, 1.165) is 35.1 Å². The molecule has 0 unspecified atom stereocenters. The summed E-state index contributed by atoms with van der Waals surface area (Å²) in [4.78, 5) is 12.1. The average Bonchev–Trinajstić information content (AvgIpc) is 2.80. The number of carbonyl (C=O) groups excluding carboxylic acids is 1. The van der Waals surface area contributed by atoms with Gasteiger partial charge in [0.25, 0.3) is 0 Å². The molecule has 0 spiro atoms. The maximum atomic E-state index is 15.3. The fourth-order valence-electron chi connectivity index (χ4n) is 3.45. The quantitative estimate of drug-likeness (QED) is 0.307. The van der Waals surface area contributed by atoms with Gasteiger partial charge in [0.05, 0.1) is 0 Å². The first-order valence-electron chi connectivity index (χ1n) is 13.6. The Bertz CT molecular complexity index is 895. The van der Waals surface area contributed by atoms with Gasteiger partial charge in [-0.1, -0.05) is 106 Å². The Morgan fingerprint density at radius 2 is 1.26 bits per heavy atom. The summed E-state index contributed by atoms with van der Waals surface area (Å²) in [5.74, 6) is -0.362. The molecule has 0 aliphatic heterocycles. The van der Waals surface area contributed by atoms with Crippen molar-refractivity contribution >= 4 is 11.5 Å². The predicted molar refractivity (Wildman–Crippen MR) is 155 cm³/mol. The first-order valence-corrected chi connectivity index (χ1v) is 13.6. The summed E-state index contributed by atoms with van der Waals surface area (Å²) in [6.07, 6.45) is 7.57.